The second-order valence-corrected chi connectivity index (χ2v) is 14.6. The van der Waals surface area contributed by atoms with E-state index in [0.29, 0.717) is 36.9 Å². The van der Waals surface area contributed by atoms with Gasteiger partial charge in [0.15, 0.2) is 0 Å². The first-order chi connectivity index (χ1) is 27.6. The van der Waals surface area contributed by atoms with Crippen molar-refractivity contribution in [3.05, 3.63) is 144 Å². The zero-order valence-electron chi connectivity index (χ0n) is 32.2. The van der Waals surface area contributed by atoms with Crippen LogP contribution in [0.15, 0.2) is 115 Å². The second-order valence-electron chi connectivity index (χ2n) is 14.6. The Labute approximate surface area is 366 Å². The number of carbonyl (C=O) groups is 6. The van der Waals surface area contributed by atoms with E-state index in [1.807, 2.05) is 78.9 Å². The average molecular weight is 907 g/mol. The van der Waals surface area contributed by atoms with Crippen molar-refractivity contribution in [2.24, 2.45) is 11.1 Å². The van der Waals surface area contributed by atoms with Crippen LogP contribution in [0.2, 0.25) is 0 Å². The van der Waals surface area contributed by atoms with Gasteiger partial charge < -0.3 is 31.9 Å². The van der Waals surface area contributed by atoms with Crippen LogP contribution in [0.3, 0.4) is 0 Å². The van der Waals surface area contributed by atoms with E-state index in [4.69, 9.17) is 5.73 Å². The first-order valence-corrected chi connectivity index (χ1v) is 19.2. The van der Waals surface area contributed by atoms with Gasteiger partial charge in [-0.1, -0.05) is 78.9 Å². The molecule has 1 fully saturated rings. The van der Waals surface area contributed by atoms with Crippen LogP contribution >= 0.6 is 0 Å². The maximum absolute atomic E-state index is 14.8. The number of nitrogens with zero attached hydrogens (tertiary/aromatic N) is 1. The molecule has 4 aromatic rings. The number of rotatable bonds is 6. The molecule has 2 aliphatic rings. The van der Waals surface area contributed by atoms with Crippen LogP contribution in [-0.2, 0) is 54.6 Å². The predicted octanol–water partition coefficient (Wildman–Crippen LogP) is 2.94. The Kier molecular flexibility index (Phi) is 15.7. The molecule has 6 amide bonds. The van der Waals surface area contributed by atoms with Crippen molar-refractivity contribution < 1.29 is 64.4 Å². The third kappa shape index (κ3) is 11.8. The number of carbonyl (C=O) groups excluding carboxylic acids is 6. The summed E-state index contributed by atoms with van der Waals surface area (Å²) >= 11 is 0. The summed E-state index contributed by atoms with van der Waals surface area (Å²) in [5.41, 5.74) is 9.54. The van der Waals surface area contributed by atoms with E-state index in [9.17, 15) is 28.8 Å². The Morgan fingerprint density at radius 2 is 1.48 bits per heavy atom. The molecule has 0 aromatic heterocycles. The molecular formula is C45H47LaN6O6-. The SMILES string of the molecule is NC(=O)C1CCNC(=O)/C=C/C(=O)N2CCCC(Cc3ccccc3)(C2)C(=O)NC(Cc2ccc(-c3cc[c-]cc3)cc2)C(=O)NCc2ccccc2CC(=O)N1.[La]. The Hall–Kier alpha value is -5.37. The standard InChI is InChI=1S/C45H47N6O6.La/c46-42(55)37-22-24-47-39(52)20-21-41(54)51-25-9-23-45(30-51,28-32-10-3-1-4-11-32)44(57)50-38(26-31-16-18-34(19-17-31)33-12-5-2-6-13-33)43(56)48-29-36-15-8-7-14-35(36)27-40(53)49-37;/h1,3-8,10-21,37-38H,9,22-30H2,(H2,46,55)(H,47,52)(H,48,56)(H,49,53)(H,50,57);/q-1;/b21-20+;. The molecule has 2 bridgehead atoms. The maximum Gasteiger partial charge on any atom is 0.246 e. The minimum Gasteiger partial charge on any atom is -0.368 e. The molecule has 6 rings (SSSR count). The molecule has 2 heterocycles. The van der Waals surface area contributed by atoms with Gasteiger partial charge in [-0.3, -0.25) is 28.8 Å². The smallest absolute Gasteiger partial charge is 0.246 e. The van der Waals surface area contributed by atoms with Crippen molar-refractivity contribution in [3.63, 3.8) is 0 Å². The first kappa shape index (κ1) is 43.8. The molecule has 0 aliphatic carbocycles. The molecule has 2 aliphatic heterocycles. The number of piperidine rings is 1. The van der Waals surface area contributed by atoms with E-state index in [2.05, 4.69) is 27.3 Å². The van der Waals surface area contributed by atoms with Gasteiger partial charge in [0, 0.05) is 80.4 Å². The van der Waals surface area contributed by atoms with Crippen molar-refractivity contribution >= 4 is 35.4 Å². The summed E-state index contributed by atoms with van der Waals surface area (Å²) in [6, 6.07) is 33.1. The number of nitrogens with two attached hydrogens (primary N) is 1. The Bertz CT molecular complexity index is 2110. The fraction of sp³-hybridized carbons (Fsp3) is 0.289. The topological polar surface area (TPSA) is 180 Å². The third-order valence-electron chi connectivity index (χ3n) is 10.5. The average Bonchev–Trinajstić information content (AvgIpc) is 3.22. The van der Waals surface area contributed by atoms with Crippen LogP contribution in [0.4, 0.5) is 0 Å². The monoisotopic (exact) mass is 906 g/mol. The number of amides is 6. The van der Waals surface area contributed by atoms with Gasteiger partial charge in [-0.2, -0.15) is 30.3 Å². The molecule has 3 unspecified atom stereocenters. The summed E-state index contributed by atoms with van der Waals surface area (Å²) in [7, 11) is 0. The van der Waals surface area contributed by atoms with Crippen LogP contribution in [0.1, 0.15) is 41.5 Å². The number of primary amides is 1. The zero-order valence-corrected chi connectivity index (χ0v) is 35.9. The van der Waals surface area contributed by atoms with Crippen molar-refractivity contribution in [2.45, 2.75) is 57.2 Å². The molecule has 12 nitrogen and oxygen atoms in total. The van der Waals surface area contributed by atoms with E-state index in [-0.39, 0.29) is 80.4 Å². The van der Waals surface area contributed by atoms with E-state index in [1.54, 1.807) is 29.2 Å². The summed E-state index contributed by atoms with van der Waals surface area (Å²) in [6.45, 7) is 0.524. The van der Waals surface area contributed by atoms with Crippen molar-refractivity contribution in [2.75, 3.05) is 19.6 Å². The summed E-state index contributed by atoms with van der Waals surface area (Å²) in [5, 5.41) is 11.4. The maximum atomic E-state index is 14.8. The van der Waals surface area contributed by atoms with Gasteiger partial charge in [-0.25, -0.2) is 0 Å². The molecule has 0 spiro atoms. The van der Waals surface area contributed by atoms with Crippen LogP contribution in [0.5, 0.6) is 0 Å². The zero-order chi connectivity index (χ0) is 40.2. The van der Waals surface area contributed by atoms with Crippen LogP contribution < -0.4 is 27.0 Å². The third-order valence-corrected chi connectivity index (χ3v) is 10.5. The van der Waals surface area contributed by atoms with Crippen molar-refractivity contribution in [1.82, 2.24) is 26.2 Å². The van der Waals surface area contributed by atoms with Gasteiger partial charge in [0.1, 0.15) is 12.1 Å². The molecule has 4 aromatic carbocycles. The predicted molar refractivity (Wildman–Crippen MR) is 215 cm³/mol. The summed E-state index contributed by atoms with van der Waals surface area (Å²) in [4.78, 5) is 82.2. The molecule has 3 atom stereocenters. The van der Waals surface area contributed by atoms with Crippen molar-refractivity contribution in [3.8, 4) is 11.1 Å². The van der Waals surface area contributed by atoms with E-state index >= 15 is 0 Å². The minimum atomic E-state index is -1.08. The number of benzene rings is 4. The first-order valence-electron chi connectivity index (χ1n) is 19.2. The normalized spacial score (nSPS) is 21.6. The number of hydrogen-bond donors (Lipinski definition) is 5. The summed E-state index contributed by atoms with van der Waals surface area (Å²) in [6.07, 6.45) is 3.70. The molecule has 1 saturated heterocycles. The Morgan fingerprint density at radius 1 is 0.793 bits per heavy atom. The largest absolute Gasteiger partial charge is 0.368 e. The van der Waals surface area contributed by atoms with Crippen LogP contribution in [0, 0.1) is 47.1 Å². The van der Waals surface area contributed by atoms with Gasteiger partial charge in [0.05, 0.1) is 11.8 Å². The Balaban J connectivity index is 0.00000641. The van der Waals surface area contributed by atoms with E-state index in [0.717, 1.165) is 34.4 Å². The molecule has 13 heteroatoms. The fourth-order valence-corrected chi connectivity index (χ4v) is 7.45. The number of hydrogen-bond acceptors (Lipinski definition) is 6. The molecular weight excluding hydrogens is 859 g/mol. The number of nitrogens with one attached hydrogen (secondary N) is 4. The van der Waals surface area contributed by atoms with Gasteiger partial charge in [0.2, 0.25) is 35.4 Å². The Morgan fingerprint density at radius 3 is 2.21 bits per heavy atom. The summed E-state index contributed by atoms with van der Waals surface area (Å²) in [5.74, 6) is -3.01. The summed E-state index contributed by atoms with van der Waals surface area (Å²) < 4.78 is 0. The van der Waals surface area contributed by atoms with Crippen LogP contribution in [-0.4, -0.2) is 72.1 Å². The van der Waals surface area contributed by atoms with Crippen LogP contribution in [0.25, 0.3) is 11.1 Å². The van der Waals surface area contributed by atoms with E-state index < -0.39 is 47.0 Å². The fourth-order valence-electron chi connectivity index (χ4n) is 7.45. The minimum absolute atomic E-state index is 0. The van der Waals surface area contributed by atoms with Gasteiger partial charge in [-0.05, 0) is 53.5 Å². The second kappa shape index (κ2) is 20.9. The van der Waals surface area contributed by atoms with Gasteiger partial charge >= 0.3 is 0 Å². The molecule has 6 N–H and O–H groups in total. The molecule has 0 saturated carbocycles. The van der Waals surface area contributed by atoms with Gasteiger partial charge in [-0.15, -0.1) is 5.56 Å². The van der Waals surface area contributed by atoms with Crippen molar-refractivity contribution in [1.29, 1.82) is 0 Å². The molecule has 58 heavy (non-hydrogen) atoms. The molecule has 297 valence electrons. The molecule has 1 radical (unpaired) electrons. The quantitative estimate of drug-likeness (QED) is 0.186. The van der Waals surface area contributed by atoms with E-state index in [1.165, 1.54) is 0 Å². The number of fused-ring (bicyclic) bond motifs is 3. The van der Waals surface area contributed by atoms with Gasteiger partial charge in [0.25, 0.3) is 0 Å².